The Bertz CT molecular complexity index is 978. The number of para-hydroxylation sites is 1. The first-order valence-electron chi connectivity index (χ1n) is 7.31. The first-order valence-corrected chi connectivity index (χ1v) is 7.31. The summed E-state index contributed by atoms with van der Waals surface area (Å²) in [7, 11) is 0. The molecular weight excluding hydrogens is 306 g/mol. The van der Waals surface area contributed by atoms with Crippen molar-refractivity contribution in [3.05, 3.63) is 77.2 Å². The van der Waals surface area contributed by atoms with Crippen molar-refractivity contribution in [1.29, 1.82) is 0 Å². The highest BCUT2D eigenvalue weighted by Gasteiger charge is 2.22. The van der Waals surface area contributed by atoms with E-state index in [0.717, 1.165) is 0 Å². The third-order valence-corrected chi connectivity index (χ3v) is 3.59. The maximum absolute atomic E-state index is 12.7. The van der Waals surface area contributed by atoms with Crippen LogP contribution in [-0.2, 0) is 6.54 Å². The average molecular weight is 321 g/mol. The largest absolute Gasteiger partial charge is 0.506 e. The van der Waals surface area contributed by atoms with E-state index in [1.165, 1.54) is 10.8 Å². The van der Waals surface area contributed by atoms with Gasteiger partial charge in [-0.1, -0.05) is 24.3 Å². The zero-order valence-corrected chi connectivity index (χ0v) is 12.8. The van der Waals surface area contributed by atoms with Gasteiger partial charge in [0.05, 0.1) is 5.52 Å². The van der Waals surface area contributed by atoms with Crippen LogP contribution in [0.3, 0.4) is 0 Å². The van der Waals surface area contributed by atoms with Crippen molar-refractivity contribution in [3.63, 3.8) is 0 Å². The molecule has 3 aromatic rings. The molecule has 0 radical (unpaired) electrons. The van der Waals surface area contributed by atoms with Crippen molar-refractivity contribution in [2.24, 2.45) is 0 Å². The number of amides is 1. The van der Waals surface area contributed by atoms with E-state index < -0.39 is 11.5 Å². The molecule has 2 heterocycles. The molecule has 6 heteroatoms. The molecule has 0 saturated carbocycles. The van der Waals surface area contributed by atoms with Crippen LogP contribution < -0.4 is 10.9 Å². The van der Waals surface area contributed by atoms with E-state index in [1.807, 2.05) is 0 Å². The first kappa shape index (κ1) is 15.5. The molecule has 0 spiro atoms. The van der Waals surface area contributed by atoms with Crippen molar-refractivity contribution in [3.8, 4) is 5.75 Å². The van der Waals surface area contributed by atoms with E-state index in [-0.39, 0.29) is 17.9 Å². The SMILES string of the molecule is C=CCn1c(=O)c(C(=O)Nc2ccccn2)c(O)c2ccccc21. The molecule has 1 amide bonds. The second-order valence-electron chi connectivity index (χ2n) is 5.11. The monoisotopic (exact) mass is 321 g/mol. The number of allylic oxidation sites excluding steroid dienone is 1. The third-order valence-electron chi connectivity index (χ3n) is 3.59. The Labute approximate surface area is 137 Å². The molecule has 0 aliphatic rings. The van der Waals surface area contributed by atoms with Crippen LogP contribution >= 0.6 is 0 Å². The second-order valence-corrected chi connectivity index (χ2v) is 5.11. The number of nitrogens with one attached hydrogen (secondary N) is 1. The molecule has 24 heavy (non-hydrogen) atoms. The molecule has 2 aromatic heterocycles. The second kappa shape index (κ2) is 6.37. The molecule has 120 valence electrons. The van der Waals surface area contributed by atoms with Crippen LogP contribution in [0.4, 0.5) is 5.82 Å². The smallest absolute Gasteiger partial charge is 0.268 e. The molecule has 0 aliphatic carbocycles. The van der Waals surface area contributed by atoms with Gasteiger partial charge in [-0.05, 0) is 24.3 Å². The Morgan fingerprint density at radius 1 is 1.25 bits per heavy atom. The number of carbonyl (C=O) groups excluding carboxylic acids is 1. The van der Waals surface area contributed by atoms with Crippen molar-refractivity contribution < 1.29 is 9.90 Å². The highest BCUT2D eigenvalue weighted by atomic mass is 16.3. The average Bonchev–Trinajstić information content (AvgIpc) is 2.59. The lowest BCUT2D eigenvalue weighted by Gasteiger charge is -2.13. The Morgan fingerprint density at radius 3 is 2.71 bits per heavy atom. The summed E-state index contributed by atoms with van der Waals surface area (Å²) >= 11 is 0. The molecule has 0 unspecified atom stereocenters. The first-order chi connectivity index (χ1) is 11.6. The maximum Gasteiger partial charge on any atom is 0.268 e. The van der Waals surface area contributed by atoms with Gasteiger partial charge >= 0.3 is 0 Å². The Morgan fingerprint density at radius 2 is 2.00 bits per heavy atom. The van der Waals surface area contributed by atoms with Crippen LogP contribution in [0.1, 0.15) is 10.4 Å². The lowest BCUT2D eigenvalue weighted by atomic mass is 10.1. The molecule has 0 aliphatic heterocycles. The molecule has 0 saturated heterocycles. The standard InChI is InChI=1S/C18H15N3O3/c1-2-11-21-13-8-4-3-7-12(13)16(22)15(18(21)24)17(23)20-14-9-5-6-10-19-14/h2-10,22H,1,11H2,(H,19,20,23). The highest BCUT2D eigenvalue weighted by Crippen LogP contribution is 2.26. The summed E-state index contributed by atoms with van der Waals surface area (Å²) in [5.41, 5.74) is -0.366. The molecule has 3 rings (SSSR count). The summed E-state index contributed by atoms with van der Waals surface area (Å²) in [5, 5.41) is 13.4. The third kappa shape index (κ3) is 2.65. The summed E-state index contributed by atoms with van der Waals surface area (Å²) in [6, 6.07) is 11.9. The zero-order valence-electron chi connectivity index (χ0n) is 12.8. The van der Waals surface area contributed by atoms with E-state index in [2.05, 4.69) is 16.9 Å². The molecule has 6 nitrogen and oxygen atoms in total. The minimum absolute atomic E-state index is 0.226. The van der Waals surface area contributed by atoms with Gasteiger partial charge in [-0.25, -0.2) is 4.98 Å². The molecule has 1 aromatic carbocycles. The lowest BCUT2D eigenvalue weighted by Crippen LogP contribution is -2.29. The number of hydrogen-bond acceptors (Lipinski definition) is 4. The van der Waals surface area contributed by atoms with E-state index in [4.69, 9.17) is 0 Å². The fourth-order valence-corrected chi connectivity index (χ4v) is 2.52. The molecule has 0 fully saturated rings. The quantitative estimate of drug-likeness (QED) is 0.723. The van der Waals surface area contributed by atoms with Gasteiger partial charge in [-0.2, -0.15) is 0 Å². The predicted octanol–water partition coefficient (Wildman–Crippen LogP) is 2.54. The van der Waals surface area contributed by atoms with Crippen LogP contribution in [0, 0.1) is 0 Å². The Kier molecular flexibility index (Phi) is 4.11. The zero-order chi connectivity index (χ0) is 17.1. The number of benzene rings is 1. The number of anilines is 1. The van der Waals surface area contributed by atoms with Gasteiger partial charge in [0.1, 0.15) is 17.1 Å². The van der Waals surface area contributed by atoms with Gasteiger partial charge in [0, 0.05) is 18.1 Å². The summed E-state index contributed by atoms with van der Waals surface area (Å²) in [4.78, 5) is 29.2. The van der Waals surface area contributed by atoms with Gasteiger partial charge in [0.15, 0.2) is 0 Å². The molecule has 0 atom stereocenters. The Balaban J connectivity index is 2.18. The van der Waals surface area contributed by atoms with Gasteiger partial charge in [-0.15, -0.1) is 6.58 Å². The normalized spacial score (nSPS) is 10.5. The Hall–Kier alpha value is -3.41. The number of nitrogens with zero attached hydrogens (tertiary/aromatic N) is 2. The minimum Gasteiger partial charge on any atom is -0.506 e. The predicted molar refractivity (Wildman–Crippen MR) is 92.3 cm³/mol. The number of rotatable bonds is 4. The summed E-state index contributed by atoms with van der Waals surface area (Å²) in [6.45, 7) is 3.86. The van der Waals surface area contributed by atoms with Gasteiger partial charge in [-0.3, -0.25) is 9.59 Å². The van der Waals surface area contributed by atoms with Crippen molar-refractivity contribution in [2.75, 3.05) is 5.32 Å². The minimum atomic E-state index is -0.709. The van der Waals surface area contributed by atoms with E-state index >= 15 is 0 Å². The number of carbonyl (C=O) groups is 1. The van der Waals surface area contributed by atoms with Crippen molar-refractivity contribution >= 4 is 22.6 Å². The van der Waals surface area contributed by atoms with Gasteiger partial charge in [0.25, 0.3) is 11.5 Å². The fraction of sp³-hybridized carbons (Fsp3) is 0.0556. The van der Waals surface area contributed by atoms with Crippen molar-refractivity contribution in [2.45, 2.75) is 6.54 Å². The van der Waals surface area contributed by atoms with Crippen LogP contribution in [-0.4, -0.2) is 20.6 Å². The summed E-state index contributed by atoms with van der Waals surface area (Å²) < 4.78 is 1.40. The van der Waals surface area contributed by atoms with E-state index in [1.54, 1.807) is 48.5 Å². The molecular formula is C18H15N3O3. The summed E-state index contributed by atoms with van der Waals surface area (Å²) in [6.07, 6.45) is 3.08. The lowest BCUT2D eigenvalue weighted by molar-refractivity contribution is 0.102. The highest BCUT2D eigenvalue weighted by molar-refractivity contribution is 6.08. The summed E-state index contributed by atoms with van der Waals surface area (Å²) in [5.74, 6) is -0.756. The van der Waals surface area contributed by atoms with Crippen molar-refractivity contribution in [1.82, 2.24) is 9.55 Å². The molecule has 0 bridgehead atoms. The number of fused-ring (bicyclic) bond motifs is 1. The van der Waals surface area contributed by atoms with Gasteiger partial charge < -0.3 is 15.0 Å². The number of pyridine rings is 2. The number of aromatic nitrogens is 2. The van der Waals surface area contributed by atoms with Crippen LogP contribution in [0.2, 0.25) is 0 Å². The van der Waals surface area contributed by atoms with Crippen LogP contribution in [0.15, 0.2) is 66.1 Å². The van der Waals surface area contributed by atoms with Crippen LogP contribution in [0.25, 0.3) is 10.9 Å². The topological polar surface area (TPSA) is 84.2 Å². The number of aromatic hydroxyl groups is 1. The van der Waals surface area contributed by atoms with Gasteiger partial charge in [0.2, 0.25) is 0 Å². The van der Waals surface area contributed by atoms with E-state index in [9.17, 15) is 14.7 Å². The molecule has 2 N–H and O–H groups in total. The van der Waals surface area contributed by atoms with Crippen LogP contribution in [0.5, 0.6) is 5.75 Å². The fourth-order valence-electron chi connectivity index (χ4n) is 2.52. The maximum atomic E-state index is 12.7. The van der Waals surface area contributed by atoms with E-state index in [0.29, 0.717) is 16.7 Å². The number of hydrogen-bond donors (Lipinski definition) is 2.